The van der Waals surface area contributed by atoms with Crippen molar-refractivity contribution in [3.05, 3.63) is 29.3 Å². The van der Waals surface area contributed by atoms with Gasteiger partial charge in [-0.2, -0.15) is 5.26 Å². The number of hydrogen-bond acceptors (Lipinski definition) is 3. The lowest BCUT2D eigenvalue weighted by atomic mass is 9.76. The van der Waals surface area contributed by atoms with Crippen molar-refractivity contribution in [2.45, 2.75) is 45.4 Å². The molecule has 0 spiro atoms. The van der Waals surface area contributed by atoms with Gasteiger partial charge in [-0.1, -0.05) is 37.5 Å². The Kier molecular flexibility index (Phi) is 4.13. The Bertz CT molecular complexity index is 551. The van der Waals surface area contributed by atoms with Crippen molar-refractivity contribution in [2.75, 3.05) is 7.11 Å². The molecule has 2 rings (SSSR count). The molecule has 3 nitrogen and oxygen atoms in total. The van der Waals surface area contributed by atoms with Gasteiger partial charge in [-0.15, -0.1) is 0 Å². The molecule has 1 aliphatic rings. The summed E-state index contributed by atoms with van der Waals surface area (Å²) in [5, 5.41) is 9.51. The highest BCUT2D eigenvalue weighted by Gasteiger charge is 2.41. The molecule has 0 heterocycles. The lowest BCUT2D eigenvalue weighted by molar-refractivity contribution is -0.128. The fourth-order valence-electron chi connectivity index (χ4n) is 3.10. The van der Waals surface area contributed by atoms with Gasteiger partial charge in [0.15, 0.2) is 5.78 Å². The van der Waals surface area contributed by atoms with E-state index in [0.29, 0.717) is 11.3 Å². The Balaban J connectivity index is 2.40. The van der Waals surface area contributed by atoms with Gasteiger partial charge in [0, 0.05) is 11.0 Å². The Morgan fingerprint density at radius 1 is 1.40 bits per heavy atom. The zero-order valence-corrected chi connectivity index (χ0v) is 12.4. The Labute approximate surface area is 120 Å². The van der Waals surface area contributed by atoms with Crippen molar-refractivity contribution >= 4 is 5.78 Å². The molecular formula is C17H21NO2. The molecule has 0 amide bonds. The first-order valence-corrected chi connectivity index (χ1v) is 7.10. The predicted octanol–water partition coefficient (Wildman–Crippen LogP) is 3.76. The van der Waals surface area contributed by atoms with Crippen molar-refractivity contribution in [3.8, 4) is 11.8 Å². The monoisotopic (exact) mass is 271 g/mol. The molecular weight excluding hydrogens is 250 g/mol. The van der Waals surface area contributed by atoms with Gasteiger partial charge in [-0.3, -0.25) is 4.79 Å². The molecule has 3 heteroatoms. The molecule has 0 aliphatic heterocycles. The first-order chi connectivity index (χ1) is 9.51. The third kappa shape index (κ3) is 2.56. The number of hydrogen-bond donors (Lipinski definition) is 0. The van der Waals surface area contributed by atoms with E-state index in [9.17, 15) is 10.1 Å². The first-order valence-electron chi connectivity index (χ1n) is 7.10. The second-order valence-corrected chi connectivity index (χ2v) is 5.94. The number of ether oxygens (including phenoxy) is 1. The average Bonchev–Trinajstić information content (AvgIpc) is 2.88. The van der Waals surface area contributed by atoms with Crippen molar-refractivity contribution in [1.82, 2.24) is 0 Å². The molecule has 1 saturated carbocycles. The maximum Gasteiger partial charge on any atom is 0.160 e. The summed E-state index contributed by atoms with van der Waals surface area (Å²) in [7, 11) is 1.57. The quantitative estimate of drug-likeness (QED) is 0.837. The summed E-state index contributed by atoms with van der Waals surface area (Å²) in [6, 6.07) is 7.85. The van der Waals surface area contributed by atoms with Crippen LogP contribution in [0.5, 0.6) is 5.75 Å². The van der Waals surface area contributed by atoms with Crippen molar-refractivity contribution in [1.29, 1.82) is 5.26 Å². The number of benzene rings is 1. The standard InChI is InChI=1S/C17H21NO2/c1-12-6-7-15(20-3)13(10-12)14(11-18)16(19)17(2)8-4-5-9-17/h6-7,10,14H,4-5,8-9H2,1-3H3. The van der Waals surface area contributed by atoms with E-state index in [1.165, 1.54) is 0 Å². The SMILES string of the molecule is COc1ccc(C)cc1C(C#N)C(=O)C1(C)CCCC1. The summed E-state index contributed by atoms with van der Waals surface area (Å²) in [4.78, 5) is 12.8. The van der Waals surface area contributed by atoms with Crippen LogP contribution >= 0.6 is 0 Å². The lowest BCUT2D eigenvalue weighted by Gasteiger charge is -2.25. The number of carbonyl (C=O) groups excluding carboxylic acids is 1. The molecule has 0 saturated heterocycles. The Morgan fingerprint density at radius 3 is 2.60 bits per heavy atom. The molecule has 1 fully saturated rings. The smallest absolute Gasteiger partial charge is 0.160 e. The van der Waals surface area contributed by atoms with E-state index in [1.807, 2.05) is 32.0 Å². The summed E-state index contributed by atoms with van der Waals surface area (Å²) in [5.74, 6) is -0.0635. The molecule has 1 aromatic rings. The minimum absolute atomic E-state index is 0.0430. The van der Waals surface area contributed by atoms with Gasteiger partial charge >= 0.3 is 0 Å². The second-order valence-electron chi connectivity index (χ2n) is 5.94. The third-order valence-corrected chi connectivity index (χ3v) is 4.39. The topological polar surface area (TPSA) is 50.1 Å². The molecule has 1 aromatic carbocycles. The summed E-state index contributed by atoms with van der Waals surface area (Å²) in [5.41, 5.74) is 1.38. The van der Waals surface area contributed by atoms with E-state index in [-0.39, 0.29) is 11.2 Å². The van der Waals surface area contributed by atoms with E-state index in [0.717, 1.165) is 31.2 Å². The summed E-state index contributed by atoms with van der Waals surface area (Å²) in [6.45, 7) is 3.95. The van der Waals surface area contributed by atoms with Gasteiger partial charge in [0.25, 0.3) is 0 Å². The van der Waals surface area contributed by atoms with E-state index < -0.39 is 5.92 Å². The van der Waals surface area contributed by atoms with Crippen LogP contribution in [0, 0.1) is 23.7 Å². The van der Waals surface area contributed by atoms with Crippen LogP contribution in [0.2, 0.25) is 0 Å². The number of rotatable bonds is 4. The summed E-state index contributed by atoms with van der Waals surface area (Å²) < 4.78 is 5.33. The van der Waals surface area contributed by atoms with Gasteiger partial charge in [-0.05, 0) is 25.8 Å². The largest absolute Gasteiger partial charge is 0.496 e. The molecule has 0 aromatic heterocycles. The van der Waals surface area contributed by atoms with E-state index >= 15 is 0 Å². The van der Waals surface area contributed by atoms with Crippen molar-refractivity contribution in [3.63, 3.8) is 0 Å². The van der Waals surface area contributed by atoms with Gasteiger partial charge < -0.3 is 4.74 Å². The molecule has 0 bridgehead atoms. The molecule has 106 valence electrons. The number of Topliss-reactive ketones (excluding diaryl/α,β-unsaturated/α-hetero) is 1. The van der Waals surface area contributed by atoms with Crippen LogP contribution < -0.4 is 4.74 Å². The second kappa shape index (κ2) is 5.66. The number of nitriles is 1. The van der Waals surface area contributed by atoms with Crippen LogP contribution in [0.3, 0.4) is 0 Å². The molecule has 1 aliphatic carbocycles. The number of carbonyl (C=O) groups is 1. The van der Waals surface area contributed by atoms with Crippen LogP contribution in [0.4, 0.5) is 0 Å². The number of methoxy groups -OCH3 is 1. The highest BCUT2D eigenvalue weighted by Crippen LogP contribution is 2.43. The van der Waals surface area contributed by atoms with Gasteiger partial charge in [0.1, 0.15) is 11.7 Å². The lowest BCUT2D eigenvalue weighted by Crippen LogP contribution is -2.29. The molecule has 1 unspecified atom stereocenters. The Morgan fingerprint density at radius 2 is 2.05 bits per heavy atom. The maximum absolute atomic E-state index is 12.8. The van der Waals surface area contributed by atoms with Crippen LogP contribution in [0.15, 0.2) is 18.2 Å². The number of aryl methyl sites for hydroxylation is 1. The fourth-order valence-corrected chi connectivity index (χ4v) is 3.10. The fraction of sp³-hybridized carbons (Fsp3) is 0.529. The van der Waals surface area contributed by atoms with Crippen LogP contribution in [-0.2, 0) is 4.79 Å². The zero-order chi connectivity index (χ0) is 14.8. The average molecular weight is 271 g/mol. The third-order valence-electron chi connectivity index (χ3n) is 4.39. The van der Waals surface area contributed by atoms with E-state index in [1.54, 1.807) is 7.11 Å². The normalized spacial score (nSPS) is 18.3. The van der Waals surface area contributed by atoms with Crippen LogP contribution in [0.1, 0.15) is 49.7 Å². The molecule has 1 atom stereocenters. The molecule has 0 N–H and O–H groups in total. The van der Waals surface area contributed by atoms with Crippen LogP contribution in [-0.4, -0.2) is 12.9 Å². The highest BCUT2D eigenvalue weighted by atomic mass is 16.5. The minimum Gasteiger partial charge on any atom is -0.496 e. The van der Waals surface area contributed by atoms with E-state index in [2.05, 4.69) is 6.07 Å². The van der Waals surface area contributed by atoms with E-state index in [4.69, 9.17) is 4.74 Å². The van der Waals surface area contributed by atoms with Crippen molar-refractivity contribution in [2.24, 2.45) is 5.41 Å². The van der Waals surface area contributed by atoms with Gasteiger partial charge in [-0.25, -0.2) is 0 Å². The summed E-state index contributed by atoms with van der Waals surface area (Å²) >= 11 is 0. The summed E-state index contributed by atoms with van der Waals surface area (Å²) in [6.07, 6.45) is 3.92. The molecule has 20 heavy (non-hydrogen) atoms. The Hall–Kier alpha value is -1.82. The van der Waals surface area contributed by atoms with Gasteiger partial charge in [0.2, 0.25) is 0 Å². The zero-order valence-electron chi connectivity index (χ0n) is 12.4. The molecule has 0 radical (unpaired) electrons. The predicted molar refractivity (Wildman–Crippen MR) is 77.7 cm³/mol. The number of ketones is 1. The van der Waals surface area contributed by atoms with Crippen LogP contribution in [0.25, 0.3) is 0 Å². The first kappa shape index (κ1) is 14.6. The minimum atomic E-state index is -0.729. The maximum atomic E-state index is 12.8. The van der Waals surface area contributed by atoms with Gasteiger partial charge in [0.05, 0.1) is 13.2 Å². The highest BCUT2D eigenvalue weighted by molar-refractivity contribution is 5.94. The van der Waals surface area contributed by atoms with Crippen molar-refractivity contribution < 1.29 is 9.53 Å². The number of nitrogens with zero attached hydrogens (tertiary/aromatic N) is 1.